The van der Waals surface area contributed by atoms with Gasteiger partial charge in [-0.1, -0.05) is 6.07 Å². The van der Waals surface area contributed by atoms with Crippen LogP contribution in [0.15, 0.2) is 41.4 Å². The van der Waals surface area contributed by atoms with Crippen molar-refractivity contribution in [1.29, 1.82) is 0 Å². The third kappa shape index (κ3) is 3.62. The van der Waals surface area contributed by atoms with Crippen LogP contribution in [0.4, 0.5) is 11.4 Å². The van der Waals surface area contributed by atoms with Gasteiger partial charge in [-0.2, -0.15) is 0 Å². The molecule has 0 spiro atoms. The van der Waals surface area contributed by atoms with Crippen LogP contribution in [0.2, 0.25) is 0 Å². The first-order chi connectivity index (χ1) is 10.9. The molecule has 8 heteroatoms. The van der Waals surface area contributed by atoms with Gasteiger partial charge >= 0.3 is 5.97 Å². The second-order valence-corrected chi connectivity index (χ2v) is 4.46. The SMILES string of the molecule is COc1cc([N+](=O)[O-])cc(C=Nc2cccc(C(=O)O)c2)c1O. The number of benzene rings is 2. The van der Waals surface area contributed by atoms with Crippen molar-refractivity contribution in [2.45, 2.75) is 0 Å². The van der Waals surface area contributed by atoms with E-state index >= 15 is 0 Å². The number of aliphatic imine (C=N–C) groups is 1. The molecule has 0 aromatic heterocycles. The van der Waals surface area contributed by atoms with Crippen molar-refractivity contribution in [1.82, 2.24) is 0 Å². The summed E-state index contributed by atoms with van der Waals surface area (Å²) in [5.74, 6) is -1.45. The minimum absolute atomic E-state index is 0.0556. The van der Waals surface area contributed by atoms with Crippen LogP contribution >= 0.6 is 0 Å². The van der Waals surface area contributed by atoms with Crippen molar-refractivity contribution >= 4 is 23.6 Å². The van der Waals surface area contributed by atoms with Gasteiger partial charge in [0.05, 0.1) is 29.4 Å². The Kier molecular flexibility index (Phi) is 4.55. The second kappa shape index (κ2) is 6.56. The summed E-state index contributed by atoms with van der Waals surface area (Å²) in [6, 6.07) is 8.07. The number of nitro benzene ring substituents is 1. The summed E-state index contributed by atoms with van der Waals surface area (Å²) in [5, 5.41) is 29.8. The quantitative estimate of drug-likeness (QED) is 0.497. The molecule has 0 amide bonds. The van der Waals surface area contributed by atoms with Crippen LogP contribution in [0.5, 0.6) is 11.5 Å². The topological polar surface area (TPSA) is 122 Å². The smallest absolute Gasteiger partial charge is 0.335 e. The standard InChI is InChI=1S/C15H12N2O6/c1-23-13-7-12(17(21)22)6-10(14(13)18)8-16-11-4-2-3-9(5-11)15(19)20/h2-8,18H,1H3,(H,19,20). The minimum Gasteiger partial charge on any atom is -0.504 e. The molecular formula is C15H12N2O6. The number of carbonyl (C=O) groups is 1. The number of rotatable bonds is 5. The fraction of sp³-hybridized carbons (Fsp3) is 0.0667. The van der Waals surface area contributed by atoms with Crippen LogP contribution in [-0.2, 0) is 0 Å². The summed E-state index contributed by atoms with van der Waals surface area (Å²) >= 11 is 0. The van der Waals surface area contributed by atoms with Crippen LogP contribution in [0.1, 0.15) is 15.9 Å². The predicted molar refractivity (Wildman–Crippen MR) is 82.0 cm³/mol. The van der Waals surface area contributed by atoms with E-state index in [1.807, 2.05) is 0 Å². The van der Waals surface area contributed by atoms with E-state index in [-0.39, 0.29) is 28.3 Å². The lowest BCUT2D eigenvalue weighted by molar-refractivity contribution is -0.385. The first-order valence-electron chi connectivity index (χ1n) is 6.35. The number of hydrogen-bond acceptors (Lipinski definition) is 6. The molecule has 0 heterocycles. The number of carboxylic acids is 1. The Morgan fingerprint density at radius 1 is 1.35 bits per heavy atom. The summed E-state index contributed by atoms with van der Waals surface area (Å²) in [6.07, 6.45) is 1.20. The average Bonchev–Trinajstić information content (AvgIpc) is 2.53. The molecule has 23 heavy (non-hydrogen) atoms. The summed E-state index contributed by atoms with van der Waals surface area (Å²) in [5.41, 5.74) is 0.201. The summed E-state index contributed by atoms with van der Waals surface area (Å²) in [7, 11) is 1.27. The molecule has 2 aromatic rings. The number of methoxy groups -OCH3 is 1. The van der Waals surface area contributed by atoms with Crippen LogP contribution < -0.4 is 4.74 Å². The molecule has 0 saturated carbocycles. The van der Waals surface area contributed by atoms with Crippen molar-refractivity contribution in [3.8, 4) is 11.5 Å². The molecule has 2 aromatic carbocycles. The average molecular weight is 316 g/mol. The zero-order valence-corrected chi connectivity index (χ0v) is 12.0. The number of aromatic hydroxyl groups is 1. The lowest BCUT2D eigenvalue weighted by atomic mass is 10.1. The number of carboxylic acid groups (broad SMARTS) is 1. The van der Waals surface area contributed by atoms with Gasteiger partial charge in [-0.3, -0.25) is 15.1 Å². The highest BCUT2D eigenvalue weighted by atomic mass is 16.6. The van der Waals surface area contributed by atoms with Gasteiger partial charge in [-0.05, 0) is 18.2 Å². The molecule has 0 unspecified atom stereocenters. The van der Waals surface area contributed by atoms with Gasteiger partial charge in [0.2, 0.25) is 0 Å². The Morgan fingerprint density at radius 3 is 2.70 bits per heavy atom. The molecule has 0 aliphatic rings. The second-order valence-electron chi connectivity index (χ2n) is 4.46. The molecule has 8 nitrogen and oxygen atoms in total. The highest BCUT2D eigenvalue weighted by Gasteiger charge is 2.15. The third-order valence-electron chi connectivity index (χ3n) is 2.97. The summed E-state index contributed by atoms with van der Waals surface area (Å²) in [4.78, 5) is 25.2. The van der Waals surface area contributed by atoms with Gasteiger partial charge in [0, 0.05) is 17.8 Å². The van der Waals surface area contributed by atoms with Gasteiger partial charge in [-0.25, -0.2) is 4.79 Å². The van der Waals surface area contributed by atoms with Gasteiger partial charge in [0.25, 0.3) is 5.69 Å². The fourth-order valence-electron chi connectivity index (χ4n) is 1.84. The van der Waals surface area contributed by atoms with Crippen molar-refractivity contribution in [2.75, 3.05) is 7.11 Å². The molecule has 2 N–H and O–H groups in total. The highest BCUT2D eigenvalue weighted by molar-refractivity contribution is 5.90. The van der Waals surface area contributed by atoms with E-state index in [0.717, 1.165) is 12.1 Å². The molecule has 0 saturated heterocycles. The molecular weight excluding hydrogens is 304 g/mol. The molecule has 0 aliphatic carbocycles. The first kappa shape index (κ1) is 16.0. The number of non-ortho nitro benzene ring substituents is 1. The van der Waals surface area contributed by atoms with Gasteiger partial charge < -0.3 is 14.9 Å². The van der Waals surface area contributed by atoms with Crippen LogP contribution in [-0.4, -0.2) is 34.4 Å². The number of ether oxygens (including phenoxy) is 1. The molecule has 0 aliphatic heterocycles. The van der Waals surface area contributed by atoms with E-state index in [1.165, 1.54) is 31.5 Å². The summed E-state index contributed by atoms with van der Waals surface area (Å²) < 4.78 is 4.89. The van der Waals surface area contributed by atoms with Gasteiger partial charge in [0.15, 0.2) is 11.5 Å². The number of nitrogens with zero attached hydrogens (tertiary/aromatic N) is 2. The minimum atomic E-state index is -1.10. The first-order valence-corrected chi connectivity index (χ1v) is 6.35. The Morgan fingerprint density at radius 2 is 2.09 bits per heavy atom. The normalized spacial score (nSPS) is 10.7. The van der Waals surface area contributed by atoms with Gasteiger partial charge in [0.1, 0.15) is 0 Å². The lowest BCUT2D eigenvalue weighted by Crippen LogP contribution is -1.95. The molecule has 118 valence electrons. The maximum Gasteiger partial charge on any atom is 0.335 e. The number of aromatic carboxylic acids is 1. The zero-order valence-electron chi connectivity index (χ0n) is 12.0. The summed E-state index contributed by atoms with van der Waals surface area (Å²) in [6.45, 7) is 0. The maximum absolute atomic E-state index is 10.9. The Hall–Kier alpha value is -3.42. The van der Waals surface area contributed by atoms with Crippen LogP contribution in [0.25, 0.3) is 0 Å². The van der Waals surface area contributed by atoms with Crippen molar-refractivity contribution in [3.05, 3.63) is 57.6 Å². The Balaban J connectivity index is 2.42. The largest absolute Gasteiger partial charge is 0.504 e. The van der Waals surface area contributed by atoms with Crippen LogP contribution in [0.3, 0.4) is 0 Å². The number of hydrogen-bond donors (Lipinski definition) is 2. The fourth-order valence-corrected chi connectivity index (χ4v) is 1.84. The van der Waals surface area contributed by atoms with Crippen molar-refractivity contribution in [3.63, 3.8) is 0 Å². The van der Waals surface area contributed by atoms with E-state index < -0.39 is 10.9 Å². The van der Waals surface area contributed by atoms with E-state index in [4.69, 9.17) is 9.84 Å². The highest BCUT2D eigenvalue weighted by Crippen LogP contribution is 2.33. The van der Waals surface area contributed by atoms with E-state index in [1.54, 1.807) is 6.07 Å². The molecule has 0 bridgehead atoms. The Bertz CT molecular complexity index is 801. The van der Waals surface area contributed by atoms with Gasteiger partial charge in [-0.15, -0.1) is 0 Å². The number of phenols is 1. The molecule has 0 atom stereocenters. The van der Waals surface area contributed by atoms with E-state index in [9.17, 15) is 20.0 Å². The lowest BCUT2D eigenvalue weighted by Gasteiger charge is -2.06. The molecule has 0 fully saturated rings. The number of nitro groups is 1. The van der Waals surface area contributed by atoms with E-state index in [2.05, 4.69) is 4.99 Å². The number of phenolic OH excluding ortho intramolecular Hbond substituents is 1. The zero-order chi connectivity index (χ0) is 17.0. The maximum atomic E-state index is 10.9. The Labute approximate surface area is 130 Å². The van der Waals surface area contributed by atoms with Crippen molar-refractivity contribution < 1.29 is 24.7 Å². The predicted octanol–water partition coefficient (Wildman–Crippen LogP) is 2.76. The van der Waals surface area contributed by atoms with Crippen LogP contribution in [0, 0.1) is 10.1 Å². The van der Waals surface area contributed by atoms with E-state index in [0.29, 0.717) is 5.69 Å². The third-order valence-corrected chi connectivity index (χ3v) is 2.97. The molecule has 0 radical (unpaired) electrons. The van der Waals surface area contributed by atoms with Crippen molar-refractivity contribution in [2.24, 2.45) is 4.99 Å². The monoisotopic (exact) mass is 316 g/mol. The molecule has 2 rings (SSSR count).